The summed E-state index contributed by atoms with van der Waals surface area (Å²) in [6.45, 7) is 3.35. The van der Waals surface area contributed by atoms with Crippen LogP contribution in [0.25, 0.3) is 0 Å². The van der Waals surface area contributed by atoms with Crippen LogP contribution in [0, 0.1) is 0 Å². The minimum Gasteiger partial charge on any atom is -0.450 e. The van der Waals surface area contributed by atoms with E-state index < -0.39 is 11.8 Å². The predicted molar refractivity (Wildman–Crippen MR) is 85.8 cm³/mol. The van der Waals surface area contributed by atoms with Crippen LogP contribution in [0.15, 0.2) is 24.5 Å². The summed E-state index contributed by atoms with van der Waals surface area (Å²) >= 11 is 0. The summed E-state index contributed by atoms with van der Waals surface area (Å²) in [6, 6.07) is 3.46. The third-order valence-corrected chi connectivity index (χ3v) is 3.74. The second kappa shape index (κ2) is 8.85. The lowest BCUT2D eigenvalue weighted by Gasteiger charge is -2.31. The van der Waals surface area contributed by atoms with E-state index in [9.17, 15) is 14.4 Å². The van der Waals surface area contributed by atoms with E-state index in [0.717, 1.165) is 5.56 Å². The molecular weight excluding hydrogens is 312 g/mol. The molecule has 0 aliphatic carbocycles. The predicted octanol–water partition coefficient (Wildman–Crippen LogP) is 0.435. The fourth-order valence-corrected chi connectivity index (χ4v) is 2.44. The van der Waals surface area contributed by atoms with Crippen molar-refractivity contribution in [2.75, 3.05) is 19.7 Å². The molecule has 0 unspecified atom stereocenters. The Morgan fingerprint density at radius 1 is 1.29 bits per heavy atom. The van der Waals surface area contributed by atoms with Gasteiger partial charge in [0.25, 0.3) is 0 Å². The molecule has 0 spiro atoms. The maximum Gasteiger partial charge on any atom is 0.409 e. The molecule has 130 valence electrons. The van der Waals surface area contributed by atoms with Crippen LogP contribution in [0.4, 0.5) is 4.79 Å². The molecule has 1 aliphatic heterocycles. The lowest BCUT2D eigenvalue weighted by molar-refractivity contribution is -0.139. The largest absolute Gasteiger partial charge is 0.450 e. The van der Waals surface area contributed by atoms with Gasteiger partial charge >= 0.3 is 17.9 Å². The van der Waals surface area contributed by atoms with Gasteiger partial charge in [-0.2, -0.15) is 0 Å². The monoisotopic (exact) mass is 334 g/mol. The average molecular weight is 334 g/mol. The molecule has 8 heteroatoms. The second-order valence-electron chi connectivity index (χ2n) is 5.48. The van der Waals surface area contributed by atoms with Crippen LogP contribution in [-0.2, 0) is 20.9 Å². The molecule has 1 aromatic heterocycles. The highest BCUT2D eigenvalue weighted by molar-refractivity contribution is 6.35. The highest BCUT2D eigenvalue weighted by Crippen LogP contribution is 2.11. The maximum absolute atomic E-state index is 11.9. The van der Waals surface area contributed by atoms with E-state index in [0.29, 0.717) is 32.5 Å². The summed E-state index contributed by atoms with van der Waals surface area (Å²) in [6.07, 6.45) is 4.13. The molecular formula is C16H22N4O4. The number of ether oxygens (including phenoxy) is 1. The van der Waals surface area contributed by atoms with Crippen LogP contribution < -0.4 is 10.6 Å². The number of hydrogen-bond donors (Lipinski definition) is 2. The Kier molecular flexibility index (Phi) is 6.53. The fourth-order valence-electron chi connectivity index (χ4n) is 2.44. The molecule has 1 saturated heterocycles. The fraction of sp³-hybridized carbons (Fsp3) is 0.500. The van der Waals surface area contributed by atoms with Gasteiger partial charge in [-0.15, -0.1) is 0 Å². The first kappa shape index (κ1) is 17.7. The van der Waals surface area contributed by atoms with Crippen LogP contribution in [0.2, 0.25) is 0 Å². The van der Waals surface area contributed by atoms with Gasteiger partial charge in [-0.05, 0) is 31.4 Å². The van der Waals surface area contributed by atoms with Crippen molar-refractivity contribution in [2.45, 2.75) is 32.4 Å². The van der Waals surface area contributed by atoms with Crippen molar-refractivity contribution >= 4 is 17.9 Å². The minimum atomic E-state index is -0.674. The number of likely N-dealkylation sites (tertiary alicyclic amines) is 1. The zero-order chi connectivity index (χ0) is 17.4. The van der Waals surface area contributed by atoms with E-state index in [1.807, 2.05) is 6.07 Å². The van der Waals surface area contributed by atoms with Gasteiger partial charge in [0.15, 0.2) is 0 Å². The first-order chi connectivity index (χ1) is 11.6. The standard InChI is InChI=1S/C16H22N4O4/c1-2-24-16(23)20-8-5-13(6-9-20)19-15(22)14(21)18-11-12-4-3-7-17-10-12/h3-4,7,10,13H,2,5-6,8-9,11H2,1H3,(H,18,21)(H,19,22). The molecule has 0 bridgehead atoms. The van der Waals surface area contributed by atoms with Gasteiger partial charge in [0.05, 0.1) is 6.61 Å². The molecule has 0 aromatic carbocycles. The van der Waals surface area contributed by atoms with Gasteiger partial charge in [-0.3, -0.25) is 14.6 Å². The normalized spacial score (nSPS) is 14.8. The van der Waals surface area contributed by atoms with Crippen molar-refractivity contribution in [1.29, 1.82) is 0 Å². The molecule has 3 amide bonds. The van der Waals surface area contributed by atoms with Crippen LogP contribution in [-0.4, -0.2) is 53.5 Å². The number of aromatic nitrogens is 1. The second-order valence-corrected chi connectivity index (χ2v) is 5.48. The number of pyridine rings is 1. The van der Waals surface area contributed by atoms with Crippen molar-refractivity contribution in [1.82, 2.24) is 20.5 Å². The van der Waals surface area contributed by atoms with E-state index in [1.165, 1.54) is 0 Å². The number of nitrogens with zero attached hydrogens (tertiary/aromatic N) is 2. The highest BCUT2D eigenvalue weighted by atomic mass is 16.6. The van der Waals surface area contributed by atoms with E-state index in [-0.39, 0.29) is 18.7 Å². The van der Waals surface area contributed by atoms with E-state index in [1.54, 1.807) is 30.3 Å². The number of amides is 3. The van der Waals surface area contributed by atoms with Gasteiger partial charge in [0.2, 0.25) is 0 Å². The first-order valence-corrected chi connectivity index (χ1v) is 7.99. The molecule has 24 heavy (non-hydrogen) atoms. The first-order valence-electron chi connectivity index (χ1n) is 7.99. The Morgan fingerprint density at radius 2 is 2.04 bits per heavy atom. The summed E-state index contributed by atoms with van der Waals surface area (Å²) in [5, 5.41) is 5.26. The Labute approximate surface area is 140 Å². The van der Waals surface area contributed by atoms with Crippen molar-refractivity contribution in [3.63, 3.8) is 0 Å². The molecule has 8 nitrogen and oxygen atoms in total. The van der Waals surface area contributed by atoms with Crippen LogP contribution >= 0.6 is 0 Å². The molecule has 2 rings (SSSR count). The van der Waals surface area contributed by atoms with Crippen LogP contribution in [0.5, 0.6) is 0 Å². The number of hydrogen-bond acceptors (Lipinski definition) is 5. The molecule has 0 saturated carbocycles. The lowest BCUT2D eigenvalue weighted by Crippen LogP contribution is -2.50. The van der Waals surface area contributed by atoms with Crippen molar-refractivity contribution in [3.05, 3.63) is 30.1 Å². The Hall–Kier alpha value is -2.64. The number of rotatable bonds is 4. The van der Waals surface area contributed by atoms with Crippen molar-refractivity contribution < 1.29 is 19.1 Å². The van der Waals surface area contributed by atoms with Crippen LogP contribution in [0.1, 0.15) is 25.3 Å². The number of carbonyl (C=O) groups excluding carboxylic acids is 3. The van der Waals surface area contributed by atoms with Gasteiger partial charge < -0.3 is 20.3 Å². The summed E-state index contributed by atoms with van der Waals surface area (Å²) < 4.78 is 4.94. The average Bonchev–Trinajstić information content (AvgIpc) is 2.61. The SMILES string of the molecule is CCOC(=O)N1CCC(NC(=O)C(=O)NCc2cccnc2)CC1. The summed E-state index contributed by atoms with van der Waals surface area (Å²) in [7, 11) is 0. The van der Waals surface area contributed by atoms with E-state index in [4.69, 9.17) is 4.74 Å². The van der Waals surface area contributed by atoms with Crippen molar-refractivity contribution in [2.24, 2.45) is 0 Å². The third-order valence-electron chi connectivity index (χ3n) is 3.74. The van der Waals surface area contributed by atoms with Gasteiger partial charge in [-0.1, -0.05) is 6.07 Å². The summed E-state index contributed by atoms with van der Waals surface area (Å²) in [5.74, 6) is -1.33. The minimum absolute atomic E-state index is 0.118. The Morgan fingerprint density at radius 3 is 2.67 bits per heavy atom. The number of piperidine rings is 1. The summed E-state index contributed by atoms with van der Waals surface area (Å²) in [4.78, 5) is 40.9. The number of nitrogens with one attached hydrogen (secondary N) is 2. The zero-order valence-corrected chi connectivity index (χ0v) is 13.7. The molecule has 1 aliphatic rings. The zero-order valence-electron chi connectivity index (χ0n) is 13.7. The lowest BCUT2D eigenvalue weighted by atomic mass is 10.1. The van der Waals surface area contributed by atoms with Gasteiger partial charge in [0, 0.05) is 38.1 Å². The Balaban J connectivity index is 1.71. The summed E-state index contributed by atoms with van der Waals surface area (Å²) in [5.41, 5.74) is 0.821. The molecule has 0 radical (unpaired) electrons. The van der Waals surface area contributed by atoms with Crippen molar-refractivity contribution in [3.8, 4) is 0 Å². The van der Waals surface area contributed by atoms with Gasteiger partial charge in [0.1, 0.15) is 0 Å². The van der Waals surface area contributed by atoms with E-state index >= 15 is 0 Å². The van der Waals surface area contributed by atoms with Gasteiger partial charge in [-0.25, -0.2) is 4.79 Å². The Bertz CT molecular complexity index is 571. The third kappa shape index (κ3) is 5.22. The highest BCUT2D eigenvalue weighted by Gasteiger charge is 2.26. The topological polar surface area (TPSA) is 101 Å². The van der Waals surface area contributed by atoms with E-state index in [2.05, 4.69) is 15.6 Å². The van der Waals surface area contributed by atoms with Crippen LogP contribution in [0.3, 0.4) is 0 Å². The molecule has 1 aromatic rings. The molecule has 2 heterocycles. The number of carbonyl (C=O) groups is 3. The maximum atomic E-state index is 11.9. The smallest absolute Gasteiger partial charge is 0.409 e. The molecule has 0 atom stereocenters. The quantitative estimate of drug-likeness (QED) is 0.778. The molecule has 1 fully saturated rings. The molecule has 2 N–H and O–H groups in total.